The third kappa shape index (κ3) is 3.39. The van der Waals surface area contributed by atoms with Gasteiger partial charge in [-0.2, -0.15) is 5.10 Å². The zero-order valence-corrected chi connectivity index (χ0v) is 15.8. The molecule has 0 saturated heterocycles. The molecule has 136 valence electrons. The molecule has 7 heteroatoms. The fourth-order valence-electron chi connectivity index (χ4n) is 3.58. The van der Waals surface area contributed by atoms with Crippen LogP contribution in [0, 0.1) is 0 Å². The van der Waals surface area contributed by atoms with Crippen molar-refractivity contribution < 1.29 is 4.79 Å². The first kappa shape index (κ1) is 17.6. The van der Waals surface area contributed by atoms with Crippen molar-refractivity contribution >= 4 is 29.1 Å². The molecule has 0 spiro atoms. The first-order valence-electron chi connectivity index (χ1n) is 8.86. The Morgan fingerprint density at radius 1 is 1.27 bits per heavy atom. The monoisotopic (exact) mass is 390 g/mol. The molecule has 2 aliphatic rings. The molecule has 0 radical (unpaired) electrons. The second-order valence-corrected chi connectivity index (χ2v) is 7.48. The van der Waals surface area contributed by atoms with Gasteiger partial charge in [0.1, 0.15) is 0 Å². The Morgan fingerprint density at radius 3 is 2.92 bits per heavy atom. The third-order valence-electron chi connectivity index (χ3n) is 4.92. The third-order valence-corrected chi connectivity index (χ3v) is 5.46. The molecule has 1 aliphatic carbocycles. The van der Waals surface area contributed by atoms with Crippen LogP contribution in [0.5, 0.6) is 0 Å². The predicted octanol–water partition coefficient (Wildman–Crippen LogP) is 3.32. The Balaban J connectivity index is 1.61. The summed E-state index contributed by atoms with van der Waals surface area (Å²) < 4.78 is 1.81. The number of carbonyl (C=O) groups is 1. The van der Waals surface area contributed by atoms with Crippen LogP contribution in [-0.4, -0.2) is 35.3 Å². The van der Waals surface area contributed by atoms with Crippen LogP contribution in [0.15, 0.2) is 29.8 Å². The average Bonchev–Trinajstić information content (AvgIpc) is 3.24. The normalized spacial score (nSPS) is 16.3. The van der Waals surface area contributed by atoms with E-state index in [0.717, 1.165) is 55.7 Å². The molecule has 5 nitrogen and oxygen atoms in total. The van der Waals surface area contributed by atoms with Crippen molar-refractivity contribution in [1.82, 2.24) is 20.4 Å². The number of nitrogens with zero attached hydrogens (tertiary/aromatic N) is 2. The summed E-state index contributed by atoms with van der Waals surface area (Å²) in [5, 5.41) is 12.0. The number of nitrogens with one attached hydrogen (secondary N) is 2. The second-order valence-electron chi connectivity index (χ2n) is 6.63. The summed E-state index contributed by atoms with van der Waals surface area (Å²) in [5.74, 6) is -0.119. The first-order valence-corrected chi connectivity index (χ1v) is 9.62. The van der Waals surface area contributed by atoms with Gasteiger partial charge >= 0.3 is 0 Å². The smallest absolute Gasteiger partial charge is 0.272 e. The van der Waals surface area contributed by atoms with E-state index in [9.17, 15) is 4.79 Å². The molecule has 2 N–H and O–H groups in total. The van der Waals surface area contributed by atoms with Gasteiger partial charge in [0.05, 0.1) is 10.7 Å². The number of rotatable bonds is 4. The number of benzene rings is 1. The van der Waals surface area contributed by atoms with Gasteiger partial charge in [-0.3, -0.25) is 4.79 Å². The molecular formula is C19H20Cl2N4O. The van der Waals surface area contributed by atoms with E-state index in [1.807, 2.05) is 6.07 Å². The largest absolute Gasteiger partial charge is 0.347 e. The Morgan fingerprint density at radius 2 is 2.15 bits per heavy atom. The number of hydrogen-bond donors (Lipinski definition) is 2. The summed E-state index contributed by atoms with van der Waals surface area (Å²) in [6.45, 7) is 2.40. The van der Waals surface area contributed by atoms with Crippen LogP contribution in [0.1, 0.15) is 34.6 Å². The molecule has 0 unspecified atom stereocenters. The number of carbonyl (C=O) groups excluding carboxylic acids is 1. The molecule has 2 aromatic rings. The van der Waals surface area contributed by atoms with Crippen LogP contribution in [0.2, 0.25) is 10.0 Å². The summed E-state index contributed by atoms with van der Waals surface area (Å²) in [6, 6.07) is 5.33. The van der Waals surface area contributed by atoms with Gasteiger partial charge in [-0.1, -0.05) is 34.9 Å². The highest BCUT2D eigenvalue weighted by Crippen LogP contribution is 2.31. The Labute approximate surface area is 162 Å². The molecule has 1 aromatic carbocycles. The molecule has 26 heavy (non-hydrogen) atoms. The second kappa shape index (κ2) is 7.43. The zero-order chi connectivity index (χ0) is 18.1. The number of halogens is 2. The van der Waals surface area contributed by atoms with Gasteiger partial charge in [0.2, 0.25) is 0 Å². The fourth-order valence-corrected chi connectivity index (χ4v) is 4.07. The van der Waals surface area contributed by atoms with E-state index in [0.29, 0.717) is 22.3 Å². The summed E-state index contributed by atoms with van der Waals surface area (Å²) >= 11 is 12.4. The summed E-state index contributed by atoms with van der Waals surface area (Å²) in [7, 11) is 0. The minimum absolute atomic E-state index is 0.119. The maximum Gasteiger partial charge on any atom is 0.272 e. The van der Waals surface area contributed by atoms with E-state index in [1.165, 1.54) is 5.57 Å². The molecule has 0 atom stereocenters. The van der Waals surface area contributed by atoms with Crippen LogP contribution in [0.4, 0.5) is 0 Å². The maximum atomic E-state index is 12.7. The lowest BCUT2D eigenvalue weighted by Crippen LogP contribution is -2.30. The lowest BCUT2D eigenvalue weighted by Gasteiger charge is -2.14. The minimum atomic E-state index is -0.119. The van der Waals surface area contributed by atoms with Crippen molar-refractivity contribution in [2.75, 3.05) is 19.6 Å². The van der Waals surface area contributed by atoms with Crippen LogP contribution < -0.4 is 10.6 Å². The van der Waals surface area contributed by atoms with Crippen LogP contribution in [-0.2, 0) is 12.8 Å². The average molecular weight is 391 g/mol. The van der Waals surface area contributed by atoms with E-state index in [1.54, 1.807) is 16.8 Å². The van der Waals surface area contributed by atoms with E-state index in [-0.39, 0.29) is 5.91 Å². The molecule has 1 aliphatic heterocycles. The summed E-state index contributed by atoms with van der Waals surface area (Å²) in [5.41, 5.74) is 4.63. The molecule has 1 amide bonds. The van der Waals surface area contributed by atoms with E-state index in [2.05, 4.69) is 21.8 Å². The van der Waals surface area contributed by atoms with Gasteiger partial charge in [0.25, 0.3) is 5.91 Å². The lowest BCUT2D eigenvalue weighted by molar-refractivity contribution is 0.0950. The quantitative estimate of drug-likeness (QED) is 0.787. The van der Waals surface area contributed by atoms with Crippen molar-refractivity contribution in [2.24, 2.45) is 0 Å². The molecule has 0 fully saturated rings. The fraction of sp³-hybridized carbons (Fsp3) is 0.368. The van der Waals surface area contributed by atoms with Gasteiger partial charge < -0.3 is 10.6 Å². The maximum absolute atomic E-state index is 12.7. The lowest BCUT2D eigenvalue weighted by atomic mass is 10.1. The van der Waals surface area contributed by atoms with Crippen molar-refractivity contribution in [3.8, 4) is 5.69 Å². The summed E-state index contributed by atoms with van der Waals surface area (Å²) in [6.07, 6.45) is 5.89. The number of amides is 1. The SMILES string of the molecule is O=C(NCC1=CCNCC1)c1nn(-c2ccc(Cl)cc2Cl)c2c1CCC2. The van der Waals surface area contributed by atoms with Crippen molar-refractivity contribution in [2.45, 2.75) is 25.7 Å². The van der Waals surface area contributed by atoms with E-state index in [4.69, 9.17) is 23.2 Å². The molecule has 1 aromatic heterocycles. The highest BCUT2D eigenvalue weighted by molar-refractivity contribution is 6.35. The van der Waals surface area contributed by atoms with Gasteiger partial charge in [-0.05, 0) is 50.4 Å². The van der Waals surface area contributed by atoms with Gasteiger partial charge in [0, 0.05) is 29.4 Å². The predicted molar refractivity (Wildman–Crippen MR) is 104 cm³/mol. The number of aromatic nitrogens is 2. The number of hydrogen-bond acceptors (Lipinski definition) is 3. The molecule has 0 saturated carbocycles. The topological polar surface area (TPSA) is 59.0 Å². The van der Waals surface area contributed by atoms with Crippen molar-refractivity contribution in [3.63, 3.8) is 0 Å². The Hall–Kier alpha value is -1.82. The van der Waals surface area contributed by atoms with Gasteiger partial charge in [-0.15, -0.1) is 0 Å². The van der Waals surface area contributed by atoms with E-state index >= 15 is 0 Å². The van der Waals surface area contributed by atoms with Crippen molar-refractivity contribution in [1.29, 1.82) is 0 Å². The minimum Gasteiger partial charge on any atom is -0.347 e. The van der Waals surface area contributed by atoms with Crippen LogP contribution >= 0.6 is 23.2 Å². The first-order chi connectivity index (χ1) is 12.6. The van der Waals surface area contributed by atoms with Gasteiger partial charge in [-0.25, -0.2) is 4.68 Å². The standard InChI is InChI=1S/C19H20Cl2N4O/c20-13-4-5-17(15(21)10-13)25-16-3-1-2-14(16)18(24-25)19(26)23-11-12-6-8-22-9-7-12/h4-6,10,22H,1-3,7-9,11H2,(H,23,26). The summed E-state index contributed by atoms with van der Waals surface area (Å²) in [4.78, 5) is 12.7. The van der Waals surface area contributed by atoms with E-state index < -0.39 is 0 Å². The van der Waals surface area contributed by atoms with Crippen molar-refractivity contribution in [3.05, 3.63) is 56.8 Å². The van der Waals surface area contributed by atoms with Crippen LogP contribution in [0.3, 0.4) is 0 Å². The van der Waals surface area contributed by atoms with Crippen LogP contribution in [0.25, 0.3) is 5.69 Å². The molecular weight excluding hydrogens is 371 g/mol. The highest BCUT2D eigenvalue weighted by Gasteiger charge is 2.27. The molecule has 0 bridgehead atoms. The highest BCUT2D eigenvalue weighted by atomic mass is 35.5. The zero-order valence-electron chi connectivity index (χ0n) is 14.3. The molecule has 2 heterocycles. The number of fused-ring (bicyclic) bond motifs is 1. The molecule has 4 rings (SSSR count). The Kier molecular flexibility index (Phi) is 5.02. The Bertz CT molecular complexity index is 888. The van der Waals surface area contributed by atoms with Gasteiger partial charge in [0.15, 0.2) is 5.69 Å².